The lowest BCUT2D eigenvalue weighted by atomic mass is 10.1. The van der Waals surface area contributed by atoms with Crippen molar-refractivity contribution in [3.63, 3.8) is 0 Å². The van der Waals surface area contributed by atoms with Crippen molar-refractivity contribution in [2.24, 2.45) is 5.10 Å². The molecule has 1 heterocycles. The van der Waals surface area contributed by atoms with Gasteiger partial charge in [0.2, 0.25) is 11.7 Å². The maximum absolute atomic E-state index is 12.1. The van der Waals surface area contributed by atoms with Gasteiger partial charge in [-0.1, -0.05) is 28.1 Å². The van der Waals surface area contributed by atoms with Crippen LogP contribution < -0.4 is 14.9 Å². The third kappa shape index (κ3) is 6.05. The highest BCUT2D eigenvalue weighted by molar-refractivity contribution is 9.10. The van der Waals surface area contributed by atoms with Crippen LogP contribution in [0.15, 0.2) is 74.9 Å². The summed E-state index contributed by atoms with van der Waals surface area (Å²) >= 11 is 3.36. The molecule has 0 bridgehead atoms. The predicted octanol–water partition coefficient (Wildman–Crippen LogP) is 4.35. The van der Waals surface area contributed by atoms with Gasteiger partial charge in [-0.2, -0.15) is 5.10 Å². The van der Waals surface area contributed by atoms with Gasteiger partial charge < -0.3 is 13.9 Å². The SMILES string of the molecule is CCOc1cc(C=NNC(=O)Cc2ccc(Br)cc2)ccc1OC(=O)c1ccco1. The van der Waals surface area contributed by atoms with E-state index < -0.39 is 5.97 Å². The summed E-state index contributed by atoms with van der Waals surface area (Å²) < 4.78 is 16.9. The molecule has 1 aromatic heterocycles. The highest BCUT2D eigenvalue weighted by Gasteiger charge is 2.15. The minimum absolute atomic E-state index is 0.0940. The number of esters is 1. The first-order valence-electron chi connectivity index (χ1n) is 9.14. The number of amides is 1. The van der Waals surface area contributed by atoms with Crippen molar-refractivity contribution in [1.82, 2.24) is 5.43 Å². The van der Waals surface area contributed by atoms with Gasteiger partial charge in [0.25, 0.3) is 0 Å². The number of rotatable bonds is 8. The molecule has 3 rings (SSSR count). The molecular weight excluding hydrogens is 452 g/mol. The maximum atomic E-state index is 12.1. The first-order valence-corrected chi connectivity index (χ1v) is 9.93. The summed E-state index contributed by atoms with van der Waals surface area (Å²) in [5, 5.41) is 3.98. The summed E-state index contributed by atoms with van der Waals surface area (Å²) in [5.74, 6) is -0.126. The van der Waals surface area contributed by atoms with Crippen LogP contribution in [0.1, 0.15) is 28.6 Å². The van der Waals surface area contributed by atoms with Crippen molar-refractivity contribution in [3.05, 3.63) is 82.2 Å². The zero-order valence-corrected chi connectivity index (χ0v) is 17.7. The van der Waals surface area contributed by atoms with Crippen molar-refractivity contribution in [3.8, 4) is 11.5 Å². The molecule has 0 spiro atoms. The molecule has 0 saturated heterocycles. The molecule has 0 fully saturated rings. The van der Waals surface area contributed by atoms with Crippen LogP contribution in [0.5, 0.6) is 11.5 Å². The molecule has 7 nitrogen and oxygen atoms in total. The largest absolute Gasteiger partial charge is 0.490 e. The van der Waals surface area contributed by atoms with Crippen molar-refractivity contribution in [1.29, 1.82) is 0 Å². The number of carbonyl (C=O) groups excluding carboxylic acids is 2. The van der Waals surface area contributed by atoms with Gasteiger partial charge in [-0.3, -0.25) is 4.79 Å². The van der Waals surface area contributed by atoms with E-state index in [1.165, 1.54) is 18.5 Å². The molecule has 1 amide bonds. The van der Waals surface area contributed by atoms with Crippen molar-refractivity contribution < 1.29 is 23.5 Å². The van der Waals surface area contributed by atoms with Gasteiger partial charge in [0.15, 0.2) is 11.5 Å². The number of halogens is 1. The molecule has 3 aromatic rings. The van der Waals surface area contributed by atoms with Gasteiger partial charge in [-0.15, -0.1) is 0 Å². The molecule has 0 aliphatic rings. The lowest BCUT2D eigenvalue weighted by Crippen LogP contribution is -2.19. The Kier molecular flexibility index (Phi) is 7.40. The van der Waals surface area contributed by atoms with Crippen LogP contribution in [-0.2, 0) is 11.2 Å². The molecule has 154 valence electrons. The third-order valence-electron chi connectivity index (χ3n) is 3.87. The van der Waals surface area contributed by atoms with Crippen LogP contribution >= 0.6 is 15.9 Å². The monoisotopic (exact) mass is 470 g/mol. The first-order chi connectivity index (χ1) is 14.5. The number of furan rings is 1. The fraction of sp³-hybridized carbons (Fsp3) is 0.136. The average molecular weight is 471 g/mol. The van der Waals surface area contributed by atoms with Crippen molar-refractivity contribution in [2.45, 2.75) is 13.3 Å². The van der Waals surface area contributed by atoms with E-state index in [0.29, 0.717) is 17.9 Å². The number of hydrazone groups is 1. The van der Waals surface area contributed by atoms with E-state index in [2.05, 4.69) is 26.5 Å². The van der Waals surface area contributed by atoms with E-state index in [-0.39, 0.29) is 23.8 Å². The van der Waals surface area contributed by atoms with Gasteiger partial charge >= 0.3 is 5.97 Å². The summed E-state index contributed by atoms with van der Waals surface area (Å²) in [5.41, 5.74) is 4.04. The van der Waals surface area contributed by atoms with Crippen LogP contribution in [0.2, 0.25) is 0 Å². The minimum atomic E-state index is -0.623. The van der Waals surface area contributed by atoms with Gasteiger partial charge in [-0.05, 0) is 60.5 Å². The summed E-state index contributed by atoms with van der Waals surface area (Å²) in [4.78, 5) is 24.1. The predicted molar refractivity (Wildman–Crippen MR) is 115 cm³/mol. The Bertz CT molecular complexity index is 1030. The second-order valence-corrected chi connectivity index (χ2v) is 7.02. The number of hydrogen-bond donors (Lipinski definition) is 1. The number of hydrogen-bond acceptors (Lipinski definition) is 6. The second kappa shape index (κ2) is 10.4. The normalized spacial score (nSPS) is 10.7. The summed E-state index contributed by atoms with van der Waals surface area (Å²) in [6.07, 6.45) is 3.10. The minimum Gasteiger partial charge on any atom is -0.490 e. The molecule has 0 saturated carbocycles. The summed E-state index contributed by atoms with van der Waals surface area (Å²) in [6.45, 7) is 2.21. The molecular formula is C22H19BrN2O5. The van der Waals surface area contributed by atoms with E-state index in [1.54, 1.807) is 24.3 Å². The maximum Gasteiger partial charge on any atom is 0.379 e. The smallest absolute Gasteiger partial charge is 0.379 e. The Hall–Kier alpha value is -3.39. The lowest BCUT2D eigenvalue weighted by molar-refractivity contribution is -0.120. The number of ether oxygens (including phenoxy) is 2. The number of nitrogens with zero attached hydrogens (tertiary/aromatic N) is 1. The van der Waals surface area contributed by atoms with Crippen LogP contribution in [0.3, 0.4) is 0 Å². The Morgan fingerprint density at radius 3 is 2.63 bits per heavy atom. The molecule has 2 aromatic carbocycles. The van der Waals surface area contributed by atoms with Gasteiger partial charge in [0.1, 0.15) is 0 Å². The van der Waals surface area contributed by atoms with Gasteiger partial charge in [0, 0.05) is 4.47 Å². The number of nitrogens with one attached hydrogen (secondary N) is 1. The Morgan fingerprint density at radius 1 is 1.13 bits per heavy atom. The Labute approximate surface area is 181 Å². The topological polar surface area (TPSA) is 90.1 Å². The summed E-state index contributed by atoms with van der Waals surface area (Å²) in [6, 6.07) is 15.6. The van der Waals surface area contributed by atoms with Gasteiger partial charge in [-0.25, -0.2) is 10.2 Å². The van der Waals surface area contributed by atoms with Crippen LogP contribution in [0.4, 0.5) is 0 Å². The molecule has 8 heteroatoms. The van der Waals surface area contributed by atoms with E-state index >= 15 is 0 Å². The van der Waals surface area contributed by atoms with Crippen LogP contribution in [-0.4, -0.2) is 24.7 Å². The van der Waals surface area contributed by atoms with Crippen molar-refractivity contribution in [2.75, 3.05) is 6.61 Å². The highest BCUT2D eigenvalue weighted by Crippen LogP contribution is 2.29. The average Bonchev–Trinajstić information content (AvgIpc) is 3.27. The standard InChI is InChI=1S/C22H19BrN2O5/c1-2-28-20-12-16(7-10-18(20)30-22(27)19-4-3-11-29-19)14-24-25-21(26)13-15-5-8-17(23)9-6-15/h3-12,14H,2,13H2,1H3,(H,25,26). The molecule has 0 atom stereocenters. The Morgan fingerprint density at radius 2 is 1.93 bits per heavy atom. The molecule has 30 heavy (non-hydrogen) atoms. The van der Waals surface area contributed by atoms with E-state index in [1.807, 2.05) is 31.2 Å². The number of carbonyl (C=O) groups is 2. The first kappa shape index (κ1) is 21.3. The molecule has 0 radical (unpaired) electrons. The fourth-order valence-corrected chi connectivity index (χ4v) is 2.77. The second-order valence-electron chi connectivity index (χ2n) is 6.10. The molecule has 0 unspecified atom stereocenters. The third-order valence-corrected chi connectivity index (χ3v) is 4.40. The molecule has 0 aliphatic heterocycles. The highest BCUT2D eigenvalue weighted by atomic mass is 79.9. The van der Waals surface area contributed by atoms with Gasteiger partial charge in [0.05, 0.1) is 25.5 Å². The van der Waals surface area contributed by atoms with E-state index in [0.717, 1.165) is 10.0 Å². The zero-order chi connectivity index (χ0) is 21.3. The molecule has 0 aliphatic carbocycles. The molecule has 1 N–H and O–H groups in total. The van der Waals surface area contributed by atoms with Crippen molar-refractivity contribution >= 4 is 34.0 Å². The lowest BCUT2D eigenvalue weighted by Gasteiger charge is -2.10. The quantitative estimate of drug-likeness (QED) is 0.228. The Balaban J connectivity index is 1.62. The zero-order valence-electron chi connectivity index (χ0n) is 16.1. The van der Waals surface area contributed by atoms with E-state index in [4.69, 9.17) is 13.9 Å². The van der Waals surface area contributed by atoms with E-state index in [9.17, 15) is 9.59 Å². The number of benzene rings is 2. The van der Waals surface area contributed by atoms with Crippen LogP contribution in [0.25, 0.3) is 0 Å². The fourth-order valence-electron chi connectivity index (χ4n) is 2.51. The van der Waals surface area contributed by atoms with Crippen LogP contribution in [0, 0.1) is 0 Å². The summed E-state index contributed by atoms with van der Waals surface area (Å²) in [7, 11) is 0.